The highest BCUT2D eigenvalue weighted by atomic mass is 127. The van der Waals surface area contributed by atoms with Crippen molar-refractivity contribution >= 4 is 28.5 Å². The molecule has 3 heteroatoms. The van der Waals surface area contributed by atoms with Gasteiger partial charge in [-0.2, -0.15) is 0 Å². The minimum atomic E-state index is 0.247. The van der Waals surface area contributed by atoms with Crippen LogP contribution in [0, 0.1) is 9.49 Å². The zero-order valence-electron chi connectivity index (χ0n) is 11.9. The van der Waals surface area contributed by atoms with Gasteiger partial charge in [-0.1, -0.05) is 25.3 Å². The van der Waals surface area contributed by atoms with Gasteiger partial charge in [0.25, 0.3) is 5.91 Å². The smallest absolute Gasteiger partial charge is 0.254 e. The van der Waals surface area contributed by atoms with Crippen LogP contribution in [0.15, 0.2) is 24.3 Å². The van der Waals surface area contributed by atoms with Gasteiger partial charge in [-0.05, 0) is 72.4 Å². The predicted molar refractivity (Wildman–Crippen MR) is 89.8 cm³/mol. The molecule has 0 N–H and O–H groups in total. The predicted octanol–water partition coefficient (Wildman–Crippen LogP) is 4.48. The Kier molecular flexibility index (Phi) is 4.64. The van der Waals surface area contributed by atoms with E-state index in [1.165, 1.54) is 44.9 Å². The molecule has 108 valence electrons. The van der Waals surface area contributed by atoms with Gasteiger partial charge in [-0.3, -0.25) is 4.79 Å². The topological polar surface area (TPSA) is 20.3 Å². The molecule has 0 heterocycles. The fourth-order valence-corrected chi connectivity index (χ4v) is 3.76. The molecule has 0 radical (unpaired) electrons. The molecule has 0 saturated heterocycles. The maximum atomic E-state index is 12.8. The molecule has 1 amide bonds. The molecule has 1 aromatic carbocycles. The summed E-state index contributed by atoms with van der Waals surface area (Å²) in [5, 5.41) is 0. The number of halogens is 1. The largest absolute Gasteiger partial charge is 0.335 e. The van der Waals surface area contributed by atoms with Gasteiger partial charge in [0.15, 0.2) is 0 Å². The van der Waals surface area contributed by atoms with Gasteiger partial charge < -0.3 is 4.90 Å². The summed E-state index contributed by atoms with van der Waals surface area (Å²) in [6, 6.07) is 8.52. The minimum Gasteiger partial charge on any atom is -0.335 e. The summed E-state index contributed by atoms with van der Waals surface area (Å²) >= 11 is 2.28. The lowest BCUT2D eigenvalue weighted by Gasteiger charge is -2.30. The summed E-state index contributed by atoms with van der Waals surface area (Å²) < 4.78 is 1.14. The van der Waals surface area contributed by atoms with Crippen LogP contribution >= 0.6 is 22.6 Å². The number of nitrogens with zero attached hydrogens (tertiary/aromatic N) is 1. The van der Waals surface area contributed by atoms with E-state index in [1.54, 1.807) is 0 Å². The van der Waals surface area contributed by atoms with E-state index >= 15 is 0 Å². The average Bonchev–Trinajstić information content (AvgIpc) is 3.30. The molecule has 0 unspecified atom stereocenters. The number of carbonyl (C=O) groups is 1. The van der Waals surface area contributed by atoms with Crippen LogP contribution in [0.1, 0.15) is 55.3 Å². The first-order valence-electron chi connectivity index (χ1n) is 7.80. The van der Waals surface area contributed by atoms with Crippen molar-refractivity contribution in [2.75, 3.05) is 6.54 Å². The van der Waals surface area contributed by atoms with E-state index < -0.39 is 0 Å². The third kappa shape index (κ3) is 3.54. The van der Waals surface area contributed by atoms with Crippen LogP contribution in [0.5, 0.6) is 0 Å². The molecular formula is C17H22INO. The quantitative estimate of drug-likeness (QED) is 0.703. The Morgan fingerprint density at radius 1 is 1.15 bits per heavy atom. The molecule has 2 fully saturated rings. The van der Waals surface area contributed by atoms with Crippen LogP contribution in [0.25, 0.3) is 0 Å². The minimum absolute atomic E-state index is 0.247. The van der Waals surface area contributed by atoms with Crippen molar-refractivity contribution in [2.24, 2.45) is 5.92 Å². The Morgan fingerprint density at radius 3 is 2.55 bits per heavy atom. The van der Waals surface area contributed by atoms with E-state index in [0.717, 1.165) is 21.6 Å². The molecule has 1 aromatic rings. The van der Waals surface area contributed by atoms with Gasteiger partial charge in [0, 0.05) is 21.7 Å². The monoisotopic (exact) mass is 383 g/mol. The Labute approximate surface area is 135 Å². The maximum absolute atomic E-state index is 12.8. The molecule has 0 aromatic heterocycles. The number of amides is 1. The van der Waals surface area contributed by atoms with Crippen molar-refractivity contribution < 1.29 is 4.79 Å². The van der Waals surface area contributed by atoms with Crippen LogP contribution in [0.2, 0.25) is 0 Å². The van der Waals surface area contributed by atoms with E-state index in [4.69, 9.17) is 0 Å². The van der Waals surface area contributed by atoms with Gasteiger partial charge in [-0.25, -0.2) is 0 Å². The first-order valence-corrected chi connectivity index (χ1v) is 8.88. The van der Waals surface area contributed by atoms with Crippen molar-refractivity contribution in [3.63, 3.8) is 0 Å². The summed E-state index contributed by atoms with van der Waals surface area (Å²) in [4.78, 5) is 14.9. The molecular weight excluding hydrogens is 361 g/mol. The molecule has 2 aliphatic carbocycles. The molecule has 2 aliphatic rings. The molecule has 0 spiro atoms. The SMILES string of the molecule is O=C(c1cccc(I)c1)N(CC1CCCCC1)C1CC1. The van der Waals surface area contributed by atoms with Gasteiger partial charge in [-0.15, -0.1) is 0 Å². The molecule has 0 aliphatic heterocycles. The van der Waals surface area contributed by atoms with E-state index in [9.17, 15) is 4.79 Å². The Balaban J connectivity index is 1.71. The molecule has 3 rings (SSSR count). The number of hydrogen-bond acceptors (Lipinski definition) is 1. The van der Waals surface area contributed by atoms with Crippen molar-refractivity contribution in [3.8, 4) is 0 Å². The summed E-state index contributed by atoms with van der Waals surface area (Å²) in [5.41, 5.74) is 0.861. The number of rotatable bonds is 4. The van der Waals surface area contributed by atoms with Crippen LogP contribution in [0.4, 0.5) is 0 Å². The molecule has 2 nitrogen and oxygen atoms in total. The third-order valence-corrected chi connectivity index (χ3v) is 5.17. The van der Waals surface area contributed by atoms with Crippen molar-refractivity contribution in [2.45, 2.75) is 51.0 Å². The maximum Gasteiger partial charge on any atom is 0.254 e. The van der Waals surface area contributed by atoms with Gasteiger partial charge in [0.05, 0.1) is 0 Å². The zero-order valence-corrected chi connectivity index (χ0v) is 14.0. The first-order chi connectivity index (χ1) is 9.74. The van der Waals surface area contributed by atoms with Crippen LogP contribution in [-0.2, 0) is 0 Å². The van der Waals surface area contributed by atoms with E-state index in [1.807, 2.05) is 24.3 Å². The van der Waals surface area contributed by atoms with Gasteiger partial charge in [0.2, 0.25) is 0 Å². The zero-order chi connectivity index (χ0) is 13.9. The fourth-order valence-electron chi connectivity index (χ4n) is 3.22. The summed E-state index contributed by atoms with van der Waals surface area (Å²) in [6.07, 6.45) is 9.09. The second kappa shape index (κ2) is 6.46. The van der Waals surface area contributed by atoms with E-state index in [0.29, 0.717) is 6.04 Å². The van der Waals surface area contributed by atoms with Gasteiger partial charge >= 0.3 is 0 Å². The lowest BCUT2D eigenvalue weighted by molar-refractivity contribution is 0.0699. The highest BCUT2D eigenvalue weighted by Crippen LogP contribution is 2.32. The average molecular weight is 383 g/mol. The first kappa shape index (κ1) is 14.4. The Bertz CT molecular complexity index is 478. The van der Waals surface area contributed by atoms with Crippen LogP contribution < -0.4 is 0 Å². The van der Waals surface area contributed by atoms with Crippen molar-refractivity contribution in [1.29, 1.82) is 0 Å². The Hall–Kier alpha value is -0.580. The molecule has 0 atom stereocenters. The number of hydrogen-bond donors (Lipinski definition) is 0. The standard InChI is InChI=1S/C17H22INO/c18-15-8-4-7-14(11-15)17(20)19(16-9-10-16)12-13-5-2-1-3-6-13/h4,7-8,11,13,16H,1-3,5-6,9-10,12H2. The lowest BCUT2D eigenvalue weighted by Crippen LogP contribution is -2.37. The lowest BCUT2D eigenvalue weighted by atomic mass is 9.89. The second-order valence-electron chi connectivity index (χ2n) is 6.20. The summed E-state index contributed by atoms with van der Waals surface area (Å²) in [6.45, 7) is 0.981. The Morgan fingerprint density at radius 2 is 1.90 bits per heavy atom. The van der Waals surface area contributed by atoms with E-state index in [-0.39, 0.29) is 5.91 Å². The molecule has 2 saturated carbocycles. The normalized spacial score (nSPS) is 19.9. The van der Waals surface area contributed by atoms with Crippen LogP contribution in [0.3, 0.4) is 0 Å². The highest BCUT2D eigenvalue weighted by Gasteiger charge is 2.34. The number of carbonyl (C=O) groups excluding carboxylic acids is 1. The highest BCUT2D eigenvalue weighted by molar-refractivity contribution is 14.1. The van der Waals surface area contributed by atoms with Crippen LogP contribution in [-0.4, -0.2) is 23.4 Å². The fraction of sp³-hybridized carbons (Fsp3) is 0.588. The van der Waals surface area contributed by atoms with Gasteiger partial charge in [0.1, 0.15) is 0 Å². The second-order valence-corrected chi connectivity index (χ2v) is 7.45. The summed E-state index contributed by atoms with van der Waals surface area (Å²) in [5.74, 6) is 0.979. The van der Waals surface area contributed by atoms with Crippen molar-refractivity contribution in [3.05, 3.63) is 33.4 Å². The van der Waals surface area contributed by atoms with E-state index in [2.05, 4.69) is 27.5 Å². The number of benzene rings is 1. The summed E-state index contributed by atoms with van der Waals surface area (Å²) in [7, 11) is 0. The molecule has 20 heavy (non-hydrogen) atoms. The third-order valence-electron chi connectivity index (χ3n) is 4.50. The van der Waals surface area contributed by atoms with Crippen molar-refractivity contribution in [1.82, 2.24) is 4.90 Å². The molecule has 0 bridgehead atoms.